The molecule has 0 heterocycles. The van der Waals surface area contributed by atoms with Crippen LogP contribution in [0.4, 0.5) is 0 Å². The first-order valence-corrected chi connectivity index (χ1v) is 7.37. The number of phenolic OH excluding ortho intramolecular Hbond substituents is 2. The van der Waals surface area contributed by atoms with Crippen molar-refractivity contribution in [3.8, 4) is 11.5 Å². The first kappa shape index (κ1) is 14.9. The molecule has 1 aromatic rings. The smallest absolute Gasteiger partial charge is 0.183 e. The number of phenols is 2. The number of hydrogen-bond donors (Lipinski definition) is 3. The molecule has 0 bridgehead atoms. The number of hydrogen-bond acceptors (Lipinski definition) is 4. The number of fused-ring (bicyclic) bond motifs is 1. The molecule has 4 N–H and O–H groups in total. The fourth-order valence-corrected chi connectivity index (χ4v) is 2.93. The fourth-order valence-electron chi connectivity index (χ4n) is 2.93. The third kappa shape index (κ3) is 2.66. The Morgan fingerprint density at radius 1 is 1.25 bits per heavy atom. The Balaban J connectivity index is 2.17. The minimum absolute atomic E-state index is 0.106. The molecule has 1 aliphatic carbocycles. The Morgan fingerprint density at radius 3 is 2.70 bits per heavy atom. The molecular formula is C16H23NO3. The molecule has 0 aliphatic heterocycles. The van der Waals surface area contributed by atoms with Gasteiger partial charge in [0.25, 0.3) is 0 Å². The van der Waals surface area contributed by atoms with Gasteiger partial charge in [-0.1, -0.05) is 32.6 Å². The highest BCUT2D eigenvalue weighted by Gasteiger charge is 2.39. The number of ketones is 1. The number of carbonyl (C=O) groups excluding carboxylic acids is 1. The van der Waals surface area contributed by atoms with Crippen LogP contribution in [0.25, 0.3) is 0 Å². The lowest BCUT2D eigenvalue weighted by atomic mass is 9.74. The van der Waals surface area contributed by atoms with Crippen molar-refractivity contribution < 1.29 is 15.0 Å². The normalized spacial score (nSPS) is 21.8. The van der Waals surface area contributed by atoms with Gasteiger partial charge in [0.15, 0.2) is 17.3 Å². The van der Waals surface area contributed by atoms with Gasteiger partial charge in [-0.3, -0.25) is 4.79 Å². The molecule has 0 radical (unpaired) electrons. The number of benzene rings is 1. The van der Waals surface area contributed by atoms with Crippen LogP contribution in [-0.2, 0) is 6.42 Å². The lowest BCUT2D eigenvalue weighted by Crippen LogP contribution is -2.50. The largest absolute Gasteiger partial charge is 0.504 e. The maximum Gasteiger partial charge on any atom is 0.183 e. The molecule has 0 amide bonds. The van der Waals surface area contributed by atoms with Crippen LogP contribution in [0.1, 0.15) is 61.4 Å². The number of aromatic hydroxyl groups is 2. The van der Waals surface area contributed by atoms with E-state index < -0.39 is 5.54 Å². The molecule has 1 unspecified atom stereocenters. The average molecular weight is 277 g/mol. The summed E-state index contributed by atoms with van der Waals surface area (Å²) in [5, 5.41) is 19.3. The molecule has 0 aromatic heterocycles. The molecule has 1 atom stereocenters. The molecule has 1 aromatic carbocycles. The van der Waals surface area contributed by atoms with E-state index in [1.165, 1.54) is 6.07 Å². The summed E-state index contributed by atoms with van der Waals surface area (Å²) in [6, 6.07) is 2.93. The van der Waals surface area contributed by atoms with Gasteiger partial charge in [0, 0.05) is 11.1 Å². The van der Waals surface area contributed by atoms with Crippen LogP contribution in [0.5, 0.6) is 11.5 Å². The first-order chi connectivity index (χ1) is 9.49. The summed E-state index contributed by atoms with van der Waals surface area (Å²) in [7, 11) is 0. The van der Waals surface area contributed by atoms with Crippen LogP contribution in [0.3, 0.4) is 0 Å². The molecule has 0 saturated carbocycles. The molecule has 110 valence electrons. The van der Waals surface area contributed by atoms with Crippen molar-refractivity contribution in [3.63, 3.8) is 0 Å². The zero-order valence-corrected chi connectivity index (χ0v) is 12.0. The molecular weight excluding hydrogens is 254 g/mol. The second kappa shape index (κ2) is 5.83. The fraction of sp³-hybridized carbons (Fsp3) is 0.562. The van der Waals surface area contributed by atoms with Crippen molar-refractivity contribution in [3.05, 3.63) is 23.3 Å². The SMILES string of the molecule is CCCCCCC1(N)CCc2c(ccc(O)c2O)C1=O. The van der Waals surface area contributed by atoms with E-state index in [9.17, 15) is 15.0 Å². The summed E-state index contributed by atoms with van der Waals surface area (Å²) in [6.45, 7) is 2.15. The zero-order valence-electron chi connectivity index (χ0n) is 12.0. The van der Waals surface area contributed by atoms with Crippen molar-refractivity contribution in [2.45, 2.75) is 57.4 Å². The summed E-state index contributed by atoms with van der Waals surface area (Å²) in [4.78, 5) is 12.5. The van der Waals surface area contributed by atoms with E-state index in [-0.39, 0.29) is 17.3 Å². The Hall–Kier alpha value is -1.55. The van der Waals surface area contributed by atoms with Gasteiger partial charge in [0.05, 0.1) is 5.54 Å². The standard InChI is InChI=1S/C16H23NO3/c1-2-3-4-5-9-16(17)10-8-11-12(15(16)20)6-7-13(18)14(11)19/h6-7,18-19H,2-5,8-10,17H2,1H3. The number of nitrogens with two attached hydrogens (primary N) is 1. The number of carbonyl (C=O) groups is 1. The molecule has 0 saturated heterocycles. The Morgan fingerprint density at radius 2 is 2.00 bits per heavy atom. The third-order valence-corrected chi connectivity index (χ3v) is 4.26. The van der Waals surface area contributed by atoms with Gasteiger partial charge in [0.1, 0.15) is 0 Å². The maximum absolute atomic E-state index is 12.5. The molecule has 0 fully saturated rings. The third-order valence-electron chi connectivity index (χ3n) is 4.26. The van der Waals surface area contributed by atoms with Gasteiger partial charge in [-0.25, -0.2) is 0 Å². The summed E-state index contributed by atoms with van der Waals surface area (Å²) < 4.78 is 0. The van der Waals surface area contributed by atoms with Gasteiger partial charge >= 0.3 is 0 Å². The molecule has 20 heavy (non-hydrogen) atoms. The van der Waals surface area contributed by atoms with Crippen LogP contribution in [-0.4, -0.2) is 21.5 Å². The monoisotopic (exact) mass is 277 g/mol. The van der Waals surface area contributed by atoms with E-state index in [0.717, 1.165) is 25.7 Å². The Bertz CT molecular complexity index is 513. The minimum Gasteiger partial charge on any atom is -0.504 e. The van der Waals surface area contributed by atoms with E-state index in [4.69, 9.17) is 5.73 Å². The highest BCUT2D eigenvalue weighted by atomic mass is 16.3. The number of Topliss-reactive ketones (excluding diaryl/α,β-unsaturated/α-hetero) is 1. The van der Waals surface area contributed by atoms with E-state index in [1.54, 1.807) is 6.07 Å². The van der Waals surface area contributed by atoms with Crippen molar-refractivity contribution in [1.29, 1.82) is 0 Å². The molecule has 4 heteroatoms. The quantitative estimate of drug-likeness (QED) is 0.571. The molecule has 4 nitrogen and oxygen atoms in total. The van der Waals surface area contributed by atoms with Crippen molar-refractivity contribution in [2.24, 2.45) is 5.73 Å². The van der Waals surface area contributed by atoms with Crippen LogP contribution in [0, 0.1) is 0 Å². The second-order valence-electron chi connectivity index (χ2n) is 5.76. The summed E-state index contributed by atoms with van der Waals surface area (Å²) >= 11 is 0. The summed E-state index contributed by atoms with van der Waals surface area (Å²) in [5.74, 6) is -0.460. The Labute approximate surface area is 119 Å². The minimum atomic E-state index is -0.815. The number of unbranched alkanes of at least 4 members (excludes halogenated alkanes) is 3. The van der Waals surface area contributed by atoms with Crippen LogP contribution >= 0.6 is 0 Å². The van der Waals surface area contributed by atoms with Crippen LogP contribution < -0.4 is 5.73 Å². The van der Waals surface area contributed by atoms with Crippen LogP contribution in [0.15, 0.2) is 12.1 Å². The van der Waals surface area contributed by atoms with Gasteiger partial charge in [0.2, 0.25) is 0 Å². The topological polar surface area (TPSA) is 83.6 Å². The van der Waals surface area contributed by atoms with E-state index in [1.807, 2.05) is 0 Å². The predicted octanol–water partition coefficient (Wildman–Crippen LogP) is 2.89. The molecule has 1 aliphatic rings. The van der Waals surface area contributed by atoms with Gasteiger partial charge in [-0.05, 0) is 31.4 Å². The lowest BCUT2D eigenvalue weighted by molar-refractivity contribution is 0.0852. The molecule has 0 spiro atoms. The van der Waals surface area contributed by atoms with Gasteiger partial charge in [-0.2, -0.15) is 0 Å². The van der Waals surface area contributed by atoms with Crippen molar-refractivity contribution >= 4 is 5.78 Å². The number of rotatable bonds is 5. The van der Waals surface area contributed by atoms with Crippen molar-refractivity contribution in [1.82, 2.24) is 0 Å². The van der Waals surface area contributed by atoms with Crippen molar-refractivity contribution in [2.75, 3.05) is 0 Å². The van der Waals surface area contributed by atoms with E-state index >= 15 is 0 Å². The summed E-state index contributed by atoms with van der Waals surface area (Å²) in [6.07, 6.45) is 6.11. The highest BCUT2D eigenvalue weighted by molar-refractivity contribution is 6.06. The zero-order chi connectivity index (χ0) is 14.8. The summed E-state index contributed by atoms with van der Waals surface area (Å²) in [5.41, 5.74) is 6.47. The maximum atomic E-state index is 12.5. The lowest BCUT2D eigenvalue weighted by Gasteiger charge is -2.33. The highest BCUT2D eigenvalue weighted by Crippen LogP contribution is 2.39. The van der Waals surface area contributed by atoms with E-state index in [2.05, 4.69) is 6.92 Å². The van der Waals surface area contributed by atoms with Gasteiger partial charge < -0.3 is 15.9 Å². The van der Waals surface area contributed by atoms with Crippen LogP contribution in [0.2, 0.25) is 0 Å². The van der Waals surface area contributed by atoms with E-state index in [0.29, 0.717) is 30.4 Å². The Kier molecular flexibility index (Phi) is 4.33. The molecule has 2 rings (SSSR count). The van der Waals surface area contributed by atoms with Gasteiger partial charge in [-0.15, -0.1) is 0 Å². The first-order valence-electron chi connectivity index (χ1n) is 7.37. The second-order valence-corrected chi connectivity index (χ2v) is 5.76. The predicted molar refractivity (Wildman–Crippen MR) is 78.1 cm³/mol. The average Bonchev–Trinajstić information content (AvgIpc) is 2.43.